The van der Waals surface area contributed by atoms with Gasteiger partial charge in [-0.05, 0) is 24.1 Å². The molecule has 1 aliphatic rings. The molecule has 0 bridgehead atoms. The summed E-state index contributed by atoms with van der Waals surface area (Å²) in [5.74, 6) is 1.18. The largest absolute Gasteiger partial charge is 0.457 e. The topological polar surface area (TPSA) is 67.3 Å². The molecule has 1 fully saturated rings. The summed E-state index contributed by atoms with van der Waals surface area (Å²) in [5, 5.41) is 17.6. The van der Waals surface area contributed by atoms with Crippen LogP contribution in [0.25, 0.3) is 11.5 Å². The van der Waals surface area contributed by atoms with Gasteiger partial charge in [0.05, 0.1) is 12.2 Å². The van der Waals surface area contributed by atoms with E-state index in [1.54, 1.807) is 6.07 Å². The Bertz CT molecular complexity index is 796. The van der Waals surface area contributed by atoms with E-state index in [4.69, 9.17) is 9.52 Å². The minimum atomic E-state index is -0.106. The highest BCUT2D eigenvalue weighted by Gasteiger charge is 2.25. The van der Waals surface area contributed by atoms with Gasteiger partial charge in [-0.15, -0.1) is 5.10 Å². The minimum absolute atomic E-state index is 0.106. The zero-order valence-electron chi connectivity index (χ0n) is 13.4. The van der Waals surface area contributed by atoms with E-state index >= 15 is 0 Å². The van der Waals surface area contributed by atoms with E-state index in [-0.39, 0.29) is 6.61 Å². The third kappa shape index (κ3) is 3.11. The van der Waals surface area contributed by atoms with Gasteiger partial charge in [-0.2, -0.15) is 0 Å². The number of hydrogen-bond donors (Lipinski definition) is 1. The van der Waals surface area contributed by atoms with Crippen LogP contribution >= 0.6 is 0 Å². The van der Waals surface area contributed by atoms with E-state index in [2.05, 4.69) is 39.5 Å². The van der Waals surface area contributed by atoms with Gasteiger partial charge in [0.15, 0.2) is 5.76 Å². The van der Waals surface area contributed by atoms with Gasteiger partial charge in [-0.3, -0.25) is 4.90 Å². The number of likely N-dealkylation sites (tertiary alicyclic amines) is 1. The first-order valence-corrected chi connectivity index (χ1v) is 8.20. The van der Waals surface area contributed by atoms with Gasteiger partial charge in [-0.1, -0.05) is 35.5 Å². The van der Waals surface area contributed by atoms with Crippen LogP contribution in [0, 0.1) is 0 Å². The third-order valence-corrected chi connectivity index (χ3v) is 4.45. The number of aliphatic hydroxyl groups is 1. The molecule has 6 heteroatoms. The second-order valence-corrected chi connectivity index (χ2v) is 6.17. The first kappa shape index (κ1) is 15.1. The zero-order valence-corrected chi connectivity index (χ0v) is 13.4. The van der Waals surface area contributed by atoms with Crippen LogP contribution in [-0.4, -0.2) is 38.1 Å². The molecule has 2 aromatic heterocycles. The van der Waals surface area contributed by atoms with Gasteiger partial charge in [0.25, 0.3) is 0 Å². The fourth-order valence-electron chi connectivity index (χ4n) is 3.18. The van der Waals surface area contributed by atoms with Crippen LogP contribution in [0.2, 0.25) is 0 Å². The van der Waals surface area contributed by atoms with Crippen molar-refractivity contribution in [2.75, 3.05) is 13.1 Å². The lowest BCUT2D eigenvalue weighted by atomic mass is 10.2. The Labute approximate surface area is 140 Å². The molecule has 1 unspecified atom stereocenters. The summed E-state index contributed by atoms with van der Waals surface area (Å²) < 4.78 is 7.45. The van der Waals surface area contributed by atoms with Crippen molar-refractivity contribution in [1.29, 1.82) is 0 Å². The van der Waals surface area contributed by atoms with Crippen molar-refractivity contribution >= 4 is 0 Å². The Morgan fingerprint density at radius 3 is 2.83 bits per heavy atom. The highest BCUT2D eigenvalue weighted by molar-refractivity contribution is 5.50. The molecule has 3 heterocycles. The van der Waals surface area contributed by atoms with Crippen molar-refractivity contribution in [3.8, 4) is 11.5 Å². The van der Waals surface area contributed by atoms with Crippen LogP contribution in [-0.2, 0) is 13.2 Å². The summed E-state index contributed by atoms with van der Waals surface area (Å²) in [6.07, 6.45) is 2.99. The van der Waals surface area contributed by atoms with Crippen LogP contribution in [0.1, 0.15) is 23.8 Å². The lowest BCUT2D eigenvalue weighted by Gasteiger charge is -2.15. The van der Waals surface area contributed by atoms with Crippen molar-refractivity contribution in [2.45, 2.75) is 25.6 Å². The second kappa shape index (κ2) is 6.59. The summed E-state index contributed by atoms with van der Waals surface area (Å²) in [4.78, 5) is 2.44. The minimum Gasteiger partial charge on any atom is -0.457 e. The normalized spacial score (nSPS) is 18.3. The molecular formula is C18H20N4O2. The predicted molar refractivity (Wildman–Crippen MR) is 89.0 cm³/mol. The standard InChI is InChI=1S/C18H20N4O2/c23-13-16-6-7-18(24-16)17-12-22(20-19-17)15-8-9-21(11-15)10-14-4-2-1-3-5-14/h1-7,12,15,23H,8-11,13H2. The maximum absolute atomic E-state index is 9.09. The summed E-state index contributed by atoms with van der Waals surface area (Å²) in [6, 6.07) is 14.4. The van der Waals surface area contributed by atoms with Gasteiger partial charge < -0.3 is 9.52 Å². The Morgan fingerprint density at radius 2 is 2.04 bits per heavy atom. The molecule has 0 spiro atoms. The Hall–Kier alpha value is -2.44. The van der Waals surface area contributed by atoms with E-state index in [0.717, 1.165) is 26.1 Å². The fourth-order valence-corrected chi connectivity index (χ4v) is 3.18. The smallest absolute Gasteiger partial charge is 0.156 e. The van der Waals surface area contributed by atoms with E-state index in [1.165, 1.54) is 5.56 Å². The van der Waals surface area contributed by atoms with Gasteiger partial charge in [-0.25, -0.2) is 4.68 Å². The third-order valence-electron chi connectivity index (χ3n) is 4.45. The monoisotopic (exact) mass is 324 g/mol. The summed E-state index contributed by atoms with van der Waals surface area (Å²) in [6.45, 7) is 2.89. The Morgan fingerprint density at radius 1 is 1.17 bits per heavy atom. The Balaban J connectivity index is 1.42. The fraction of sp³-hybridized carbons (Fsp3) is 0.333. The van der Waals surface area contributed by atoms with Crippen molar-refractivity contribution < 1.29 is 9.52 Å². The van der Waals surface area contributed by atoms with E-state index in [9.17, 15) is 0 Å². The number of aromatic nitrogens is 3. The molecule has 24 heavy (non-hydrogen) atoms. The van der Waals surface area contributed by atoms with Crippen LogP contribution in [0.3, 0.4) is 0 Å². The Kier molecular flexibility index (Phi) is 4.15. The molecule has 1 aliphatic heterocycles. The van der Waals surface area contributed by atoms with Gasteiger partial charge in [0.1, 0.15) is 18.1 Å². The summed E-state index contributed by atoms with van der Waals surface area (Å²) in [7, 11) is 0. The second-order valence-electron chi connectivity index (χ2n) is 6.17. The lowest BCUT2D eigenvalue weighted by molar-refractivity contribution is 0.248. The summed E-state index contributed by atoms with van der Waals surface area (Å²) >= 11 is 0. The van der Waals surface area contributed by atoms with Gasteiger partial charge in [0, 0.05) is 19.6 Å². The van der Waals surface area contributed by atoms with Crippen molar-refractivity contribution in [3.63, 3.8) is 0 Å². The lowest BCUT2D eigenvalue weighted by Crippen LogP contribution is -2.21. The first-order valence-electron chi connectivity index (χ1n) is 8.20. The number of nitrogens with zero attached hydrogens (tertiary/aromatic N) is 4. The molecule has 1 N–H and O–H groups in total. The molecular weight excluding hydrogens is 304 g/mol. The molecule has 1 saturated heterocycles. The van der Waals surface area contributed by atoms with E-state index in [0.29, 0.717) is 23.3 Å². The molecule has 4 rings (SSSR count). The number of rotatable bonds is 5. The number of furan rings is 1. The molecule has 1 atom stereocenters. The average molecular weight is 324 g/mol. The zero-order chi connectivity index (χ0) is 16.4. The van der Waals surface area contributed by atoms with Crippen molar-refractivity contribution in [3.05, 3.63) is 60.0 Å². The van der Waals surface area contributed by atoms with Crippen LogP contribution in [0.4, 0.5) is 0 Å². The average Bonchev–Trinajstić information content (AvgIpc) is 3.35. The van der Waals surface area contributed by atoms with Crippen molar-refractivity contribution in [1.82, 2.24) is 19.9 Å². The predicted octanol–water partition coefficient (Wildman–Crippen LogP) is 2.48. The molecule has 124 valence electrons. The van der Waals surface area contributed by atoms with Crippen LogP contribution < -0.4 is 0 Å². The van der Waals surface area contributed by atoms with Gasteiger partial charge >= 0.3 is 0 Å². The number of hydrogen-bond acceptors (Lipinski definition) is 5. The molecule has 0 radical (unpaired) electrons. The maximum atomic E-state index is 9.09. The highest BCUT2D eigenvalue weighted by atomic mass is 16.4. The van der Waals surface area contributed by atoms with E-state index in [1.807, 2.05) is 23.0 Å². The van der Waals surface area contributed by atoms with E-state index < -0.39 is 0 Å². The molecule has 1 aromatic carbocycles. The SMILES string of the molecule is OCc1ccc(-c2cn(C3CCN(Cc4ccccc4)C3)nn2)o1. The number of benzene rings is 1. The molecule has 0 saturated carbocycles. The quantitative estimate of drug-likeness (QED) is 0.781. The van der Waals surface area contributed by atoms with Crippen molar-refractivity contribution in [2.24, 2.45) is 0 Å². The van der Waals surface area contributed by atoms with Crippen LogP contribution in [0.15, 0.2) is 53.1 Å². The van der Waals surface area contributed by atoms with Gasteiger partial charge in [0.2, 0.25) is 0 Å². The molecule has 3 aromatic rings. The molecule has 0 amide bonds. The maximum Gasteiger partial charge on any atom is 0.156 e. The summed E-state index contributed by atoms with van der Waals surface area (Å²) in [5.41, 5.74) is 2.04. The molecule has 6 nitrogen and oxygen atoms in total. The first-order chi connectivity index (χ1) is 11.8. The number of aliphatic hydroxyl groups excluding tert-OH is 1. The highest BCUT2D eigenvalue weighted by Crippen LogP contribution is 2.25. The van der Waals surface area contributed by atoms with Crippen LogP contribution in [0.5, 0.6) is 0 Å². The molecule has 0 aliphatic carbocycles.